The van der Waals surface area contributed by atoms with Crippen LogP contribution in [0.4, 0.5) is 0 Å². The third-order valence-corrected chi connectivity index (χ3v) is 4.51. The molecule has 11 heteroatoms. The van der Waals surface area contributed by atoms with Crippen molar-refractivity contribution in [3.63, 3.8) is 0 Å². The van der Waals surface area contributed by atoms with Crippen LogP contribution in [0.3, 0.4) is 0 Å². The predicted molar refractivity (Wildman–Crippen MR) is 115 cm³/mol. The van der Waals surface area contributed by atoms with Gasteiger partial charge in [-0.2, -0.15) is 0 Å². The van der Waals surface area contributed by atoms with E-state index in [1.54, 1.807) is 34.2 Å². The zero-order valence-corrected chi connectivity index (χ0v) is 17.6. The van der Waals surface area contributed by atoms with E-state index in [0.29, 0.717) is 31.9 Å². The van der Waals surface area contributed by atoms with E-state index in [-0.39, 0.29) is 48.8 Å². The highest BCUT2D eigenvalue weighted by Gasteiger charge is 2.25. The number of hydrogen-bond acceptors (Lipinski definition) is 7. The average Bonchev–Trinajstić information content (AvgIpc) is 3.06. The monoisotopic (exact) mass is 452 g/mol. The number of fused-ring (bicyclic) bond motifs is 1. The Balaban J connectivity index is 0.00000160. The van der Waals surface area contributed by atoms with Crippen LogP contribution >= 0.6 is 24.8 Å². The number of hydrogen-bond donors (Lipinski definition) is 2. The molecule has 0 unspecified atom stereocenters. The van der Waals surface area contributed by atoms with E-state index in [9.17, 15) is 9.90 Å². The third-order valence-electron chi connectivity index (χ3n) is 4.51. The molecule has 2 aromatic heterocycles. The molecule has 0 fully saturated rings. The Morgan fingerprint density at radius 2 is 2.10 bits per heavy atom. The maximum atomic E-state index is 12.9. The summed E-state index contributed by atoms with van der Waals surface area (Å²) in [5.74, 6) is 0.195. The van der Waals surface area contributed by atoms with Gasteiger partial charge < -0.3 is 20.5 Å². The van der Waals surface area contributed by atoms with Gasteiger partial charge in [-0.1, -0.05) is 11.3 Å². The first-order chi connectivity index (χ1) is 13.7. The molecule has 3 heterocycles. The van der Waals surface area contributed by atoms with Crippen molar-refractivity contribution in [3.05, 3.63) is 54.1 Å². The van der Waals surface area contributed by atoms with Crippen LogP contribution in [0, 0.1) is 0 Å². The summed E-state index contributed by atoms with van der Waals surface area (Å²) < 4.78 is 7.26. The number of nitrogens with two attached hydrogens (primary N) is 1. The lowest BCUT2D eigenvalue weighted by Crippen LogP contribution is -2.32. The van der Waals surface area contributed by atoms with Crippen LogP contribution in [0.2, 0.25) is 0 Å². The molecule has 0 atom stereocenters. The molecule has 0 saturated heterocycles. The predicted octanol–water partition coefficient (Wildman–Crippen LogP) is 1.88. The van der Waals surface area contributed by atoms with Gasteiger partial charge in [-0.15, -0.1) is 29.9 Å². The normalized spacial score (nSPS) is 12.6. The number of carbonyl (C=O) groups is 1. The zero-order valence-electron chi connectivity index (χ0n) is 16.0. The Hall–Kier alpha value is -2.88. The van der Waals surface area contributed by atoms with Crippen molar-refractivity contribution in [1.29, 1.82) is 0 Å². The summed E-state index contributed by atoms with van der Waals surface area (Å²) in [7, 11) is 0. The van der Waals surface area contributed by atoms with Crippen LogP contribution in [-0.4, -0.2) is 55.6 Å². The Morgan fingerprint density at radius 3 is 2.83 bits per heavy atom. The van der Waals surface area contributed by atoms with Crippen LogP contribution in [0.15, 0.2) is 42.9 Å². The summed E-state index contributed by atoms with van der Waals surface area (Å²) in [5, 5.41) is 18.3. The molecule has 0 spiro atoms. The quantitative estimate of drug-likeness (QED) is 0.619. The maximum absolute atomic E-state index is 12.9. The molecule has 3 aromatic rings. The average molecular weight is 453 g/mol. The molecule has 1 aromatic carbocycles. The number of halogens is 2. The number of amides is 1. The molecule has 1 aliphatic rings. The Labute approximate surface area is 185 Å². The summed E-state index contributed by atoms with van der Waals surface area (Å²) >= 11 is 0. The Kier molecular flexibility index (Phi) is 7.99. The largest absolute Gasteiger partial charge is 0.504 e. The van der Waals surface area contributed by atoms with E-state index in [1.165, 1.54) is 0 Å². The van der Waals surface area contributed by atoms with Crippen LogP contribution in [0.5, 0.6) is 11.5 Å². The molecule has 9 nitrogen and oxygen atoms in total. The molecular formula is C19H22Cl2N6O3. The highest BCUT2D eigenvalue weighted by atomic mass is 35.5. The van der Waals surface area contributed by atoms with Crippen molar-refractivity contribution >= 4 is 30.7 Å². The molecule has 0 saturated carbocycles. The second-order valence-electron chi connectivity index (χ2n) is 6.46. The lowest BCUT2D eigenvalue weighted by molar-refractivity contribution is 0.0727. The lowest BCUT2D eigenvalue weighted by Gasteiger charge is -2.18. The fraction of sp³-hybridized carbons (Fsp3) is 0.263. The smallest absolute Gasteiger partial charge is 0.276 e. The molecule has 3 N–H and O–H groups in total. The fourth-order valence-electron chi connectivity index (χ4n) is 3.17. The van der Waals surface area contributed by atoms with Crippen molar-refractivity contribution in [3.8, 4) is 22.6 Å². The van der Waals surface area contributed by atoms with Gasteiger partial charge in [0.1, 0.15) is 6.61 Å². The van der Waals surface area contributed by atoms with Gasteiger partial charge >= 0.3 is 0 Å². The van der Waals surface area contributed by atoms with Gasteiger partial charge in [0.15, 0.2) is 17.2 Å². The lowest BCUT2D eigenvalue weighted by atomic mass is 10.0. The summed E-state index contributed by atoms with van der Waals surface area (Å²) in [4.78, 5) is 18.6. The molecule has 0 bridgehead atoms. The van der Waals surface area contributed by atoms with E-state index < -0.39 is 0 Å². The number of phenolic OH excluding ortho intramolecular Hbond substituents is 1. The summed E-state index contributed by atoms with van der Waals surface area (Å²) in [5.41, 5.74) is 8.16. The van der Waals surface area contributed by atoms with Gasteiger partial charge in [-0.3, -0.25) is 14.5 Å². The third kappa shape index (κ3) is 4.81. The van der Waals surface area contributed by atoms with Gasteiger partial charge in [-0.05, 0) is 23.8 Å². The minimum absolute atomic E-state index is 0. The zero-order chi connectivity index (χ0) is 19.5. The fourth-order valence-corrected chi connectivity index (χ4v) is 3.17. The number of phenols is 1. The maximum Gasteiger partial charge on any atom is 0.276 e. The molecule has 0 aliphatic carbocycles. The minimum atomic E-state index is -0.244. The number of aromatic nitrogens is 4. The van der Waals surface area contributed by atoms with E-state index in [0.717, 1.165) is 16.7 Å². The minimum Gasteiger partial charge on any atom is -0.504 e. The van der Waals surface area contributed by atoms with Crippen molar-refractivity contribution in [2.24, 2.45) is 5.73 Å². The van der Waals surface area contributed by atoms with E-state index in [4.69, 9.17) is 10.5 Å². The highest BCUT2D eigenvalue weighted by molar-refractivity contribution is 5.92. The number of nitrogens with zero attached hydrogens (tertiary/aromatic N) is 5. The van der Waals surface area contributed by atoms with Crippen LogP contribution in [0.1, 0.15) is 16.1 Å². The van der Waals surface area contributed by atoms with Crippen molar-refractivity contribution in [2.45, 2.75) is 13.1 Å². The summed E-state index contributed by atoms with van der Waals surface area (Å²) in [6, 6.07) is 7.29. The molecule has 0 radical (unpaired) electrons. The van der Waals surface area contributed by atoms with Crippen LogP contribution in [-0.2, 0) is 13.1 Å². The standard InChI is InChI=1S/C19H20N6O3.2ClH/c20-3-5-25-12-16(22-23-25)19(27)24-6-7-28-18-15(11-24)8-14(9-17(18)26)13-2-1-4-21-10-13;;/h1-2,4,8-10,12,26H,3,5-7,11,20H2;2*1H. The van der Waals surface area contributed by atoms with Crippen molar-refractivity contribution in [1.82, 2.24) is 24.9 Å². The van der Waals surface area contributed by atoms with E-state index in [2.05, 4.69) is 15.3 Å². The molecule has 30 heavy (non-hydrogen) atoms. The van der Waals surface area contributed by atoms with Crippen molar-refractivity contribution in [2.75, 3.05) is 19.7 Å². The number of ether oxygens (including phenoxy) is 1. The second-order valence-corrected chi connectivity index (χ2v) is 6.46. The number of benzene rings is 1. The molecule has 1 amide bonds. The summed E-state index contributed by atoms with van der Waals surface area (Å²) in [6.07, 6.45) is 5.00. The topological polar surface area (TPSA) is 119 Å². The van der Waals surface area contributed by atoms with Gasteiger partial charge in [0, 0.05) is 36.6 Å². The number of pyridine rings is 1. The van der Waals surface area contributed by atoms with Crippen molar-refractivity contribution < 1.29 is 14.6 Å². The second kappa shape index (κ2) is 10.2. The van der Waals surface area contributed by atoms with E-state index >= 15 is 0 Å². The number of carbonyl (C=O) groups excluding carboxylic acids is 1. The number of rotatable bonds is 4. The van der Waals surface area contributed by atoms with Gasteiger partial charge in [0.2, 0.25) is 0 Å². The van der Waals surface area contributed by atoms with Gasteiger partial charge in [-0.25, -0.2) is 0 Å². The molecule has 1 aliphatic heterocycles. The summed E-state index contributed by atoms with van der Waals surface area (Å²) in [6.45, 7) is 1.85. The van der Waals surface area contributed by atoms with Gasteiger partial charge in [0.25, 0.3) is 5.91 Å². The van der Waals surface area contributed by atoms with E-state index in [1.807, 2.05) is 18.2 Å². The number of aromatic hydroxyl groups is 1. The Bertz CT molecular complexity index is 999. The van der Waals surface area contributed by atoms with Crippen LogP contribution in [0.25, 0.3) is 11.1 Å². The molecular weight excluding hydrogens is 431 g/mol. The highest BCUT2D eigenvalue weighted by Crippen LogP contribution is 2.37. The SMILES string of the molecule is Cl.Cl.NCCn1cc(C(=O)N2CCOc3c(O)cc(-c4cccnc4)cc3C2)nn1. The first kappa shape index (κ1) is 23.4. The molecule has 4 rings (SSSR count). The molecule has 160 valence electrons. The first-order valence-corrected chi connectivity index (χ1v) is 8.94. The Morgan fingerprint density at radius 1 is 1.27 bits per heavy atom. The first-order valence-electron chi connectivity index (χ1n) is 8.94. The van der Waals surface area contributed by atoms with Gasteiger partial charge in [0.05, 0.1) is 19.3 Å². The van der Waals surface area contributed by atoms with Crippen LogP contribution < -0.4 is 10.5 Å².